The van der Waals surface area contributed by atoms with E-state index in [9.17, 15) is 9.59 Å². The van der Waals surface area contributed by atoms with Crippen LogP contribution in [0.25, 0.3) is 0 Å². The van der Waals surface area contributed by atoms with Gasteiger partial charge in [-0.25, -0.2) is 0 Å². The van der Waals surface area contributed by atoms with Crippen molar-refractivity contribution in [2.45, 2.75) is 51.7 Å². The molecule has 0 spiro atoms. The number of nitrogens with one attached hydrogen (secondary N) is 1. The van der Waals surface area contributed by atoms with Gasteiger partial charge in [-0.15, -0.1) is 11.3 Å². The lowest BCUT2D eigenvalue weighted by Gasteiger charge is -2.45. The minimum absolute atomic E-state index is 0.0320. The normalized spacial score (nSPS) is 32.9. The van der Waals surface area contributed by atoms with E-state index >= 15 is 0 Å². The molecule has 2 aliphatic heterocycles. The van der Waals surface area contributed by atoms with E-state index in [4.69, 9.17) is 4.74 Å². The molecule has 2 saturated heterocycles. The van der Waals surface area contributed by atoms with Gasteiger partial charge in [-0.3, -0.25) is 9.59 Å². The second kappa shape index (κ2) is 7.40. The Balaban J connectivity index is 1.49. The molecule has 0 radical (unpaired) electrons. The Bertz CT molecular complexity index is 732. The number of thiophene rings is 1. The summed E-state index contributed by atoms with van der Waals surface area (Å²) >= 11 is 1.64. The molecule has 5 nitrogen and oxygen atoms in total. The third kappa shape index (κ3) is 3.45. The maximum atomic E-state index is 13.3. The number of rotatable bonds is 4. The molecule has 1 aromatic heterocycles. The zero-order valence-electron chi connectivity index (χ0n) is 15.9. The average molecular weight is 389 g/mol. The number of hydrogen-bond acceptors (Lipinski definition) is 4. The van der Waals surface area contributed by atoms with E-state index in [0.717, 1.165) is 30.6 Å². The Hall–Kier alpha value is -1.66. The highest BCUT2D eigenvalue weighted by molar-refractivity contribution is 7.09. The topological polar surface area (TPSA) is 58.6 Å². The maximum absolute atomic E-state index is 13.3. The summed E-state index contributed by atoms with van der Waals surface area (Å²) in [5, 5.41) is 5.12. The molecule has 1 aliphatic carbocycles. The van der Waals surface area contributed by atoms with Crippen molar-refractivity contribution in [3.05, 3.63) is 34.5 Å². The Morgan fingerprint density at radius 2 is 2.26 bits per heavy atom. The van der Waals surface area contributed by atoms with E-state index in [0.29, 0.717) is 32.7 Å². The fourth-order valence-corrected chi connectivity index (χ4v) is 5.38. The molecule has 0 aromatic carbocycles. The van der Waals surface area contributed by atoms with Gasteiger partial charge in [-0.1, -0.05) is 25.1 Å². The number of carbonyl (C=O) groups excluding carboxylic acids is 2. The summed E-state index contributed by atoms with van der Waals surface area (Å²) < 4.78 is 5.91. The summed E-state index contributed by atoms with van der Waals surface area (Å²) in [5.74, 6) is 0.229. The van der Waals surface area contributed by atoms with Gasteiger partial charge in [0.1, 0.15) is 0 Å². The van der Waals surface area contributed by atoms with Crippen LogP contribution in [0.3, 0.4) is 0 Å². The fourth-order valence-electron chi connectivity index (χ4n) is 4.74. The molecule has 3 atom stereocenters. The van der Waals surface area contributed by atoms with E-state index in [2.05, 4.69) is 24.4 Å². The molecule has 6 heteroatoms. The summed E-state index contributed by atoms with van der Waals surface area (Å²) in [6.07, 6.45) is 8.26. The van der Waals surface area contributed by atoms with Crippen molar-refractivity contribution in [1.29, 1.82) is 0 Å². The lowest BCUT2D eigenvalue weighted by Crippen LogP contribution is -2.59. The van der Waals surface area contributed by atoms with Crippen molar-refractivity contribution in [3.63, 3.8) is 0 Å². The van der Waals surface area contributed by atoms with Crippen molar-refractivity contribution in [3.8, 4) is 0 Å². The Labute approximate surface area is 164 Å². The molecule has 2 fully saturated rings. The quantitative estimate of drug-likeness (QED) is 0.807. The van der Waals surface area contributed by atoms with Crippen LogP contribution >= 0.6 is 11.3 Å². The molecule has 1 unspecified atom stereocenters. The van der Waals surface area contributed by atoms with E-state index in [1.165, 1.54) is 0 Å². The minimum Gasteiger partial charge on any atom is -0.377 e. The molecule has 27 heavy (non-hydrogen) atoms. The first-order valence-corrected chi connectivity index (χ1v) is 10.8. The van der Waals surface area contributed by atoms with Crippen LogP contribution in [0, 0.1) is 10.8 Å². The highest BCUT2D eigenvalue weighted by atomic mass is 32.1. The average Bonchev–Trinajstić information content (AvgIpc) is 3.35. The monoisotopic (exact) mass is 388 g/mol. The second-order valence-electron chi connectivity index (χ2n) is 8.32. The Morgan fingerprint density at radius 3 is 3.00 bits per heavy atom. The lowest BCUT2D eigenvalue weighted by atomic mass is 9.73. The van der Waals surface area contributed by atoms with Crippen molar-refractivity contribution < 1.29 is 14.3 Å². The van der Waals surface area contributed by atoms with Crippen LogP contribution < -0.4 is 5.32 Å². The van der Waals surface area contributed by atoms with Gasteiger partial charge in [0.15, 0.2) is 0 Å². The predicted molar refractivity (Wildman–Crippen MR) is 105 cm³/mol. The molecule has 146 valence electrons. The van der Waals surface area contributed by atoms with E-state index in [1.54, 1.807) is 11.3 Å². The molecule has 2 amide bonds. The number of likely N-dealkylation sites (tertiary alicyclic amines) is 1. The molecule has 0 bridgehead atoms. The van der Waals surface area contributed by atoms with E-state index in [1.807, 2.05) is 22.4 Å². The molecule has 1 N–H and O–H groups in total. The van der Waals surface area contributed by atoms with Gasteiger partial charge in [-0.05, 0) is 43.6 Å². The minimum atomic E-state index is -0.605. The molecule has 4 rings (SSSR count). The number of nitrogens with zero attached hydrogens (tertiary/aromatic N) is 1. The zero-order chi connectivity index (χ0) is 18.9. The van der Waals surface area contributed by atoms with Crippen LogP contribution in [0.1, 0.15) is 43.9 Å². The first-order valence-electron chi connectivity index (χ1n) is 9.90. The van der Waals surface area contributed by atoms with Crippen LogP contribution in [-0.4, -0.2) is 42.5 Å². The number of carbonyl (C=O) groups is 2. The standard InChI is InChI=1S/C21H28N2O3S/c1-20(8-3-2-4-9-20)19(25)23-11-7-17-21(15-23,10-12-26-17)18(24)22-14-16-6-5-13-27-16/h2-3,5-6,13,17H,4,7-12,14-15H2,1H3,(H,22,24)/t17-,20?,21-/m1/s1. The van der Waals surface area contributed by atoms with Crippen LogP contribution in [0.4, 0.5) is 0 Å². The van der Waals surface area contributed by atoms with Crippen molar-refractivity contribution in [2.75, 3.05) is 19.7 Å². The third-order valence-corrected chi connectivity index (χ3v) is 7.35. The van der Waals surface area contributed by atoms with Crippen molar-refractivity contribution in [1.82, 2.24) is 10.2 Å². The van der Waals surface area contributed by atoms with E-state index in [-0.39, 0.29) is 23.3 Å². The van der Waals surface area contributed by atoms with Gasteiger partial charge in [0.25, 0.3) is 0 Å². The predicted octanol–water partition coefficient (Wildman–Crippen LogP) is 3.12. The smallest absolute Gasteiger partial charge is 0.231 e. The van der Waals surface area contributed by atoms with Crippen LogP contribution in [0.2, 0.25) is 0 Å². The third-order valence-electron chi connectivity index (χ3n) is 6.47. The Morgan fingerprint density at radius 1 is 1.37 bits per heavy atom. The van der Waals surface area contributed by atoms with Crippen LogP contribution in [0.15, 0.2) is 29.7 Å². The van der Waals surface area contributed by atoms with Gasteiger partial charge >= 0.3 is 0 Å². The SMILES string of the molecule is CC1(C(=O)N2CC[C@H]3OCC[C@@]3(C(=O)NCc3cccs3)C2)CC=CCC1. The first kappa shape index (κ1) is 18.7. The number of ether oxygens (including phenoxy) is 1. The van der Waals surface area contributed by atoms with Crippen molar-refractivity contribution in [2.24, 2.45) is 10.8 Å². The summed E-state index contributed by atoms with van der Waals surface area (Å²) in [7, 11) is 0. The van der Waals surface area contributed by atoms with Gasteiger partial charge in [0, 0.05) is 24.6 Å². The highest BCUT2D eigenvalue weighted by Crippen LogP contribution is 2.43. The fraction of sp³-hybridized carbons (Fsp3) is 0.619. The zero-order valence-corrected chi connectivity index (χ0v) is 16.7. The highest BCUT2D eigenvalue weighted by Gasteiger charge is 2.55. The van der Waals surface area contributed by atoms with Gasteiger partial charge in [0.05, 0.1) is 23.5 Å². The van der Waals surface area contributed by atoms with Gasteiger partial charge < -0.3 is 15.0 Å². The number of allylic oxidation sites excluding steroid dienone is 2. The lowest BCUT2D eigenvalue weighted by molar-refractivity contribution is -0.153. The number of piperidine rings is 1. The molecule has 0 saturated carbocycles. The summed E-state index contributed by atoms with van der Waals surface area (Å²) in [4.78, 5) is 29.6. The molecule has 3 heterocycles. The maximum Gasteiger partial charge on any atom is 0.231 e. The number of fused-ring (bicyclic) bond motifs is 1. The number of amides is 2. The number of hydrogen-bond donors (Lipinski definition) is 1. The largest absolute Gasteiger partial charge is 0.377 e. The molecule has 1 aromatic rings. The van der Waals surface area contributed by atoms with Crippen LogP contribution in [0.5, 0.6) is 0 Å². The first-order chi connectivity index (χ1) is 13.0. The van der Waals surface area contributed by atoms with Gasteiger partial charge in [0.2, 0.25) is 11.8 Å². The van der Waals surface area contributed by atoms with Crippen LogP contribution in [-0.2, 0) is 20.9 Å². The van der Waals surface area contributed by atoms with Crippen molar-refractivity contribution >= 4 is 23.2 Å². The van der Waals surface area contributed by atoms with E-state index < -0.39 is 5.41 Å². The molecular weight excluding hydrogens is 360 g/mol. The summed E-state index contributed by atoms with van der Waals surface area (Å²) in [6.45, 7) is 4.37. The summed E-state index contributed by atoms with van der Waals surface area (Å²) in [6, 6.07) is 4.02. The molecule has 3 aliphatic rings. The summed E-state index contributed by atoms with van der Waals surface area (Å²) in [5.41, 5.74) is -0.943. The molecular formula is C21H28N2O3S. The second-order valence-corrected chi connectivity index (χ2v) is 9.35. The Kier molecular flexibility index (Phi) is 5.12. The van der Waals surface area contributed by atoms with Gasteiger partial charge in [-0.2, -0.15) is 0 Å².